The van der Waals surface area contributed by atoms with Crippen molar-refractivity contribution in [3.8, 4) is 23.1 Å². The monoisotopic (exact) mass is 339 g/mol. The molecule has 1 aromatic heterocycles. The zero-order valence-corrected chi connectivity index (χ0v) is 12.9. The zero-order chi connectivity index (χ0) is 17.1. The molecule has 3 aromatic rings. The molecule has 3 rings (SSSR count). The number of aromatic nitrogens is 1. The average Bonchev–Trinajstić information content (AvgIpc) is 3.05. The molecule has 0 aliphatic rings. The Morgan fingerprint density at radius 3 is 2.83 bits per heavy atom. The Labute approximate surface area is 141 Å². The SMILES string of the molecule is N#Cc1ccc(Cl)cc1NC(=O)c1cc(-c2cccc(O)c2)on1. The van der Waals surface area contributed by atoms with E-state index in [1.807, 2.05) is 6.07 Å². The molecular weight excluding hydrogens is 330 g/mol. The Morgan fingerprint density at radius 1 is 1.25 bits per heavy atom. The molecule has 1 heterocycles. The lowest BCUT2D eigenvalue weighted by atomic mass is 10.1. The minimum absolute atomic E-state index is 0.0391. The van der Waals surface area contributed by atoms with Gasteiger partial charge >= 0.3 is 0 Å². The molecule has 2 aromatic carbocycles. The molecule has 6 nitrogen and oxygen atoms in total. The Hall–Kier alpha value is -3.30. The van der Waals surface area contributed by atoms with Gasteiger partial charge in [0.2, 0.25) is 0 Å². The van der Waals surface area contributed by atoms with Gasteiger partial charge in [0.05, 0.1) is 11.3 Å². The highest BCUT2D eigenvalue weighted by Gasteiger charge is 2.16. The van der Waals surface area contributed by atoms with Crippen LogP contribution in [0.1, 0.15) is 16.1 Å². The quantitative estimate of drug-likeness (QED) is 0.755. The fraction of sp³-hybridized carbons (Fsp3) is 0. The number of carbonyl (C=O) groups is 1. The number of amides is 1. The summed E-state index contributed by atoms with van der Waals surface area (Å²) in [5.41, 5.74) is 1.19. The van der Waals surface area contributed by atoms with E-state index in [9.17, 15) is 9.90 Å². The van der Waals surface area contributed by atoms with Crippen LogP contribution in [-0.2, 0) is 0 Å². The van der Waals surface area contributed by atoms with Gasteiger partial charge in [0, 0.05) is 16.7 Å². The number of nitrogens with zero attached hydrogens (tertiary/aromatic N) is 2. The summed E-state index contributed by atoms with van der Waals surface area (Å²) < 4.78 is 5.13. The first-order chi connectivity index (χ1) is 11.6. The van der Waals surface area contributed by atoms with E-state index in [-0.39, 0.29) is 22.7 Å². The van der Waals surface area contributed by atoms with Crippen molar-refractivity contribution in [2.24, 2.45) is 0 Å². The van der Waals surface area contributed by atoms with Gasteiger partial charge in [-0.1, -0.05) is 28.9 Å². The van der Waals surface area contributed by atoms with E-state index >= 15 is 0 Å². The van der Waals surface area contributed by atoms with Gasteiger partial charge in [0.25, 0.3) is 5.91 Å². The summed E-state index contributed by atoms with van der Waals surface area (Å²) in [5.74, 6) is -0.126. The van der Waals surface area contributed by atoms with Gasteiger partial charge in [-0.2, -0.15) is 5.26 Å². The third-order valence-corrected chi connectivity index (χ3v) is 3.46. The topological polar surface area (TPSA) is 99.2 Å². The average molecular weight is 340 g/mol. The molecule has 0 aliphatic heterocycles. The smallest absolute Gasteiger partial charge is 0.277 e. The van der Waals surface area contributed by atoms with E-state index < -0.39 is 5.91 Å². The van der Waals surface area contributed by atoms with Crippen LogP contribution in [0, 0.1) is 11.3 Å². The fourth-order valence-electron chi connectivity index (χ4n) is 2.08. The molecule has 0 radical (unpaired) electrons. The maximum Gasteiger partial charge on any atom is 0.277 e. The number of nitriles is 1. The Bertz CT molecular complexity index is 960. The number of benzene rings is 2. The van der Waals surface area contributed by atoms with E-state index in [1.54, 1.807) is 18.2 Å². The standard InChI is InChI=1S/C17H10ClN3O3/c18-12-5-4-11(9-19)14(7-12)20-17(23)15-8-16(24-21-15)10-2-1-3-13(22)6-10/h1-8,22H,(H,20,23). The summed E-state index contributed by atoms with van der Waals surface area (Å²) in [6, 6.07) is 14.4. The van der Waals surface area contributed by atoms with Crippen LogP contribution in [-0.4, -0.2) is 16.2 Å². The molecule has 0 fully saturated rings. The number of aromatic hydroxyl groups is 1. The van der Waals surface area contributed by atoms with Gasteiger partial charge in [0.1, 0.15) is 11.8 Å². The lowest BCUT2D eigenvalue weighted by molar-refractivity contribution is 0.101. The van der Waals surface area contributed by atoms with Crippen LogP contribution in [0.15, 0.2) is 53.1 Å². The van der Waals surface area contributed by atoms with Gasteiger partial charge in [-0.25, -0.2) is 0 Å². The fourth-order valence-corrected chi connectivity index (χ4v) is 2.25. The highest BCUT2D eigenvalue weighted by Crippen LogP contribution is 2.25. The number of halogens is 1. The number of phenols is 1. The predicted molar refractivity (Wildman–Crippen MR) is 87.7 cm³/mol. The van der Waals surface area contributed by atoms with Crippen molar-refractivity contribution in [2.45, 2.75) is 0 Å². The maximum atomic E-state index is 12.3. The van der Waals surface area contributed by atoms with Crippen LogP contribution in [0.25, 0.3) is 11.3 Å². The third-order valence-electron chi connectivity index (χ3n) is 3.22. The molecule has 0 atom stereocenters. The van der Waals surface area contributed by atoms with Crippen molar-refractivity contribution in [2.75, 3.05) is 5.32 Å². The van der Waals surface area contributed by atoms with Crippen molar-refractivity contribution in [3.63, 3.8) is 0 Å². The highest BCUT2D eigenvalue weighted by molar-refractivity contribution is 6.31. The maximum absolute atomic E-state index is 12.3. The number of anilines is 1. The highest BCUT2D eigenvalue weighted by atomic mass is 35.5. The molecule has 0 aliphatic carbocycles. The molecular formula is C17H10ClN3O3. The van der Waals surface area contributed by atoms with Crippen LogP contribution >= 0.6 is 11.6 Å². The van der Waals surface area contributed by atoms with Gasteiger partial charge in [-0.3, -0.25) is 4.79 Å². The summed E-state index contributed by atoms with van der Waals surface area (Å²) >= 11 is 5.88. The molecule has 0 unspecified atom stereocenters. The van der Waals surface area contributed by atoms with E-state index in [0.717, 1.165) is 0 Å². The number of carbonyl (C=O) groups excluding carboxylic acids is 1. The van der Waals surface area contributed by atoms with Crippen molar-refractivity contribution < 1.29 is 14.4 Å². The molecule has 1 amide bonds. The summed E-state index contributed by atoms with van der Waals surface area (Å²) in [7, 11) is 0. The Kier molecular flexibility index (Phi) is 4.18. The van der Waals surface area contributed by atoms with Gasteiger partial charge < -0.3 is 14.9 Å². The Balaban J connectivity index is 1.85. The summed E-state index contributed by atoms with van der Waals surface area (Å²) in [6.45, 7) is 0. The van der Waals surface area contributed by atoms with Crippen LogP contribution in [0.3, 0.4) is 0 Å². The van der Waals surface area contributed by atoms with Crippen molar-refractivity contribution in [3.05, 3.63) is 64.8 Å². The number of nitrogens with one attached hydrogen (secondary N) is 1. The zero-order valence-electron chi connectivity index (χ0n) is 12.2. The van der Waals surface area contributed by atoms with E-state index in [4.69, 9.17) is 21.4 Å². The first kappa shape index (κ1) is 15.6. The second-order valence-electron chi connectivity index (χ2n) is 4.88. The minimum Gasteiger partial charge on any atom is -0.508 e. The van der Waals surface area contributed by atoms with Gasteiger partial charge in [-0.05, 0) is 30.3 Å². The Morgan fingerprint density at radius 2 is 2.08 bits per heavy atom. The van der Waals surface area contributed by atoms with Crippen LogP contribution < -0.4 is 5.32 Å². The van der Waals surface area contributed by atoms with Gasteiger partial charge in [-0.15, -0.1) is 0 Å². The number of hydrogen-bond acceptors (Lipinski definition) is 5. The van der Waals surface area contributed by atoms with E-state index in [0.29, 0.717) is 16.3 Å². The molecule has 2 N–H and O–H groups in total. The lowest BCUT2D eigenvalue weighted by Crippen LogP contribution is -2.13. The van der Waals surface area contributed by atoms with Crippen LogP contribution in [0.5, 0.6) is 5.75 Å². The summed E-state index contributed by atoms with van der Waals surface area (Å²) in [4.78, 5) is 12.3. The largest absolute Gasteiger partial charge is 0.508 e. The first-order valence-corrected chi connectivity index (χ1v) is 7.22. The van der Waals surface area contributed by atoms with E-state index in [2.05, 4.69) is 10.5 Å². The molecule has 0 saturated heterocycles. The number of phenolic OH excluding ortho intramolecular Hbond substituents is 1. The van der Waals surface area contributed by atoms with Crippen LogP contribution in [0.2, 0.25) is 5.02 Å². The molecule has 0 saturated carbocycles. The van der Waals surface area contributed by atoms with Crippen molar-refractivity contribution in [1.82, 2.24) is 5.16 Å². The van der Waals surface area contributed by atoms with Crippen LogP contribution in [0.4, 0.5) is 5.69 Å². The predicted octanol–water partition coefficient (Wildman–Crippen LogP) is 3.82. The number of rotatable bonds is 3. The lowest BCUT2D eigenvalue weighted by Gasteiger charge is -2.05. The summed E-state index contributed by atoms with van der Waals surface area (Å²) in [5, 5.41) is 25.2. The molecule has 0 spiro atoms. The molecule has 0 bridgehead atoms. The third kappa shape index (κ3) is 3.21. The normalized spacial score (nSPS) is 10.2. The van der Waals surface area contributed by atoms with Crippen molar-refractivity contribution in [1.29, 1.82) is 5.26 Å². The number of hydrogen-bond donors (Lipinski definition) is 2. The second kappa shape index (κ2) is 6.44. The minimum atomic E-state index is -0.538. The van der Waals surface area contributed by atoms with E-state index in [1.165, 1.54) is 30.3 Å². The summed E-state index contributed by atoms with van der Waals surface area (Å²) in [6.07, 6.45) is 0. The molecule has 24 heavy (non-hydrogen) atoms. The molecule has 118 valence electrons. The molecule has 7 heteroatoms. The van der Waals surface area contributed by atoms with Gasteiger partial charge in [0.15, 0.2) is 11.5 Å². The second-order valence-corrected chi connectivity index (χ2v) is 5.32. The first-order valence-electron chi connectivity index (χ1n) is 6.84. The van der Waals surface area contributed by atoms with Crippen molar-refractivity contribution >= 4 is 23.2 Å².